The Morgan fingerprint density at radius 1 is 1.62 bits per heavy atom. The van der Waals surface area contributed by atoms with Crippen molar-refractivity contribution in [3.8, 4) is 0 Å². The molecule has 1 aromatic heterocycles. The topological polar surface area (TPSA) is 12.0 Å². The number of thiophene rings is 1. The number of hydrogen-bond acceptors (Lipinski definition) is 2. The zero-order chi connectivity index (χ0) is 9.31. The van der Waals surface area contributed by atoms with E-state index in [0.717, 1.165) is 6.54 Å². The van der Waals surface area contributed by atoms with Crippen LogP contribution in [0.2, 0.25) is 0 Å². The second-order valence-corrected chi connectivity index (χ2v) is 4.98. The van der Waals surface area contributed by atoms with E-state index in [4.69, 9.17) is 0 Å². The Hall–Kier alpha value is -0.340. The van der Waals surface area contributed by atoms with Gasteiger partial charge in [-0.15, -0.1) is 0 Å². The Bertz CT molecular complexity index is 262. The molecule has 1 heterocycles. The van der Waals surface area contributed by atoms with E-state index in [1.807, 2.05) is 0 Å². The van der Waals surface area contributed by atoms with Crippen LogP contribution in [-0.4, -0.2) is 6.54 Å². The van der Waals surface area contributed by atoms with Gasteiger partial charge in [-0.25, -0.2) is 0 Å². The van der Waals surface area contributed by atoms with Gasteiger partial charge in [0.25, 0.3) is 0 Å². The highest BCUT2D eigenvalue weighted by molar-refractivity contribution is 7.07. The second kappa shape index (κ2) is 3.43. The van der Waals surface area contributed by atoms with Crippen molar-refractivity contribution >= 4 is 11.3 Å². The van der Waals surface area contributed by atoms with Gasteiger partial charge < -0.3 is 5.32 Å². The molecule has 13 heavy (non-hydrogen) atoms. The molecule has 1 aliphatic rings. The fourth-order valence-corrected chi connectivity index (χ4v) is 2.58. The van der Waals surface area contributed by atoms with Gasteiger partial charge in [-0.1, -0.05) is 13.8 Å². The standard InChI is InChI=1S/C11H17NS/c1-3-12-10(11(2)5-6-11)9-4-7-13-8-9/h4,7-8,10,12H,3,5-6H2,1-2H3. The largest absolute Gasteiger partial charge is 0.310 e. The molecule has 1 aromatic rings. The first-order chi connectivity index (χ1) is 6.26. The lowest BCUT2D eigenvalue weighted by molar-refractivity contribution is 0.374. The molecule has 72 valence electrons. The van der Waals surface area contributed by atoms with Gasteiger partial charge in [-0.2, -0.15) is 11.3 Å². The van der Waals surface area contributed by atoms with E-state index in [0.29, 0.717) is 11.5 Å². The van der Waals surface area contributed by atoms with E-state index in [1.165, 1.54) is 18.4 Å². The summed E-state index contributed by atoms with van der Waals surface area (Å²) in [7, 11) is 0. The highest BCUT2D eigenvalue weighted by Gasteiger charge is 2.45. The van der Waals surface area contributed by atoms with Crippen LogP contribution >= 0.6 is 11.3 Å². The van der Waals surface area contributed by atoms with Crippen LogP contribution in [-0.2, 0) is 0 Å². The van der Waals surface area contributed by atoms with Gasteiger partial charge in [-0.05, 0) is 47.2 Å². The maximum absolute atomic E-state index is 3.59. The second-order valence-electron chi connectivity index (χ2n) is 4.20. The van der Waals surface area contributed by atoms with E-state index < -0.39 is 0 Å². The first-order valence-corrected chi connectivity index (χ1v) is 5.96. The summed E-state index contributed by atoms with van der Waals surface area (Å²) in [5, 5.41) is 8.04. The average molecular weight is 195 g/mol. The predicted molar refractivity (Wildman–Crippen MR) is 58.1 cm³/mol. The van der Waals surface area contributed by atoms with Crippen molar-refractivity contribution in [2.45, 2.75) is 32.7 Å². The molecule has 0 amide bonds. The van der Waals surface area contributed by atoms with Crippen LogP contribution in [0.4, 0.5) is 0 Å². The number of rotatable bonds is 4. The summed E-state index contributed by atoms with van der Waals surface area (Å²) in [4.78, 5) is 0. The molecule has 1 unspecified atom stereocenters. The summed E-state index contributed by atoms with van der Waals surface area (Å²) >= 11 is 1.80. The molecule has 0 aliphatic heterocycles. The van der Waals surface area contributed by atoms with Gasteiger partial charge in [0.05, 0.1) is 0 Å². The zero-order valence-electron chi connectivity index (χ0n) is 8.34. The third-order valence-corrected chi connectivity index (χ3v) is 3.72. The fraction of sp³-hybridized carbons (Fsp3) is 0.636. The molecular formula is C11H17NS. The lowest BCUT2D eigenvalue weighted by atomic mass is 9.94. The Balaban J connectivity index is 2.14. The Kier molecular flexibility index (Phi) is 2.43. The molecule has 1 aliphatic carbocycles. The molecule has 1 atom stereocenters. The lowest BCUT2D eigenvalue weighted by Gasteiger charge is -2.23. The van der Waals surface area contributed by atoms with Gasteiger partial charge >= 0.3 is 0 Å². The van der Waals surface area contributed by atoms with Gasteiger partial charge in [0, 0.05) is 6.04 Å². The van der Waals surface area contributed by atoms with Crippen molar-refractivity contribution < 1.29 is 0 Å². The third-order valence-electron chi connectivity index (χ3n) is 3.02. The molecule has 1 N–H and O–H groups in total. The molecule has 0 aromatic carbocycles. The molecular weight excluding hydrogens is 178 g/mol. The maximum Gasteiger partial charge on any atom is 0.0382 e. The fourth-order valence-electron chi connectivity index (χ4n) is 1.90. The van der Waals surface area contributed by atoms with Crippen molar-refractivity contribution in [2.24, 2.45) is 5.41 Å². The summed E-state index contributed by atoms with van der Waals surface area (Å²) in [6.07, 6.45) is 2.75. The molecule has 0 bridgehead atoms. The first kappa shape index (κ1) is 9.22. The first-order valence-electron chi connectivity index (χ1n) is 5.02. The molecule has 1 saturated carbocycles. The zero-order valence-corrected chi connectivity index (χ0v) is 9.16. The average Bonchev–Trinajstić information content (AvgIpc) is 2.70. The Morgan fingerprint density at radius 2 is 2.38 bits per heavy atom. The van der Waals surface area contributed by atoms with Gasteiger partial charge in [0.1, 0.15) is 0 Å². The summed E-state index contributed by atoms with van der Waals surface area (Å²) < 4.78 is 0. The van der Waals surface area contributed by atoms with E-state index in [-0.39, 0.29) is 0 Å². The van der Waals surface area contributed by atoms with Crippen molar-refractivity contribution in [3.05, 3.63) is 22.4 Å². The van der Waals surface area contributed by atoms with Crippen molar-refractivity contribution in [3.63, 3.8) is 0 Å². The van der Waals surface area contributed by atoms with Crippen molar-refractivity contribution in [2.75, 3.05) is 6.54 Å². The molecule has 1 nitrogen and oxygen atoms in total. The van der Waals surface area contributed by atoms with Gasteiger partial charge in [0.15, 0.2) is 0 Å². The van der Waals surface area contributed by atoms with Crippen LogP contribution in [0, 0.1) is 5.41 Å². The van der Waals surface area contributed by atoms with Crippen molar-refractivity contribution in [1.82, 2.24) is 5.32 Å². The monoisotopic (exact) mass is 195 g/mol. The van der Waals surface area contributed by atoms with E-state index >= 15 is 0 Å². The van der Waals surface area contributed by atoms with Crippen LogP contribution in [0.15, 0.2) is 16.8 Å². The molecule has 1 fully saturated rings. The molecule has 0 spiro atoms. The Morgan fingerprint density at radius 3 is 2.85 bits per heavy atom. The van der Waals surface area contributed by atoms with Gasteiger partial charge in [0.2, 0.25) is 0 Å². The normalized spacial score (nSPS) is 21.4. The smallest absolute Gasteiger partial charge is 0.0382 e. The predicted octanol–water partition coefficient (Wildman–Crippen LogP) is 3.20. The minimum absolute atomic E-state index is 0.539. The third kappa shape index (κ3) is 1.79. The highest BCUT2D eigenvalue weighted by Crippen LogP contribution is 2.54. The van der Waals surface area contributed by atoms with Crippen LogP contribution < -0.4 is 5.32 Å². The molecule has 0 saturated heterocycles. The lowest BCUT2D eigenvalue weighted by Crippen LogP contribution is -2.27. The van der Waals surface area contributed by atoms with Crippen LogP contribution in [0.25, 0.3) is 0 Å². The summed E-state index contributed by atoms with van der Waals surface area (Å²) in [6.45, 7) is 5.64. The van der Waals surface area contributed by atoms with E-state index in [9.17, 15) is 0 Å². The maximum atomic E-state index is 3.59. The summed E-state index contributed by atoms with van der Waals surface area (Å²) in [5.41, 5.74) is 2.02. The summed E-state index contributed by atoms with van der Waals surface area (Å²) in [6, 6.07) is 2.84. The van der Waals surface area contributed by atoms with Crippen LogP contribution in [0.1, 0.15) is 38.3 Å². The van der Waals surface area contributed by atoms with Crippen LogP contribution in [0.3, 0.4) is 0 Å². The molecule has 0 radical (unpaired) electrons. The minimum Gasteiger partial charge on any atom is -0.310 e. The highest BCUT2D eigenvalue weighted by atomic mass is 32.1. The van der Waals surface area contributed by atoms with Gasteiger partial charge in [-0.3, -0.25) is 0 Å². The Labute approximate surface area is 84.2 Å². The molecule has 2 rings (SSSR count). The van der Waals surface area contributed by atoms with E-state index in [1.54, 1.807) is 11.3 Å². The number of hydrogen-bond donors (Lipinski definition) is 1. The molecule has 2 heteroatoms. The summed E-state index contributed by atoms with van der Waals surface area (Å²) in [5.74, 6) is 0. The van der Waals surface area contributed by atoms with E-state index in [2.05, 4.69) is 36.0 Å². The van der Waals surface area contributed by atoms with Crippen molar-refractivity contribution in [1.29, 1.82) is 0 Å². The SMILES string of the molecule is CCNC(c1ccsc1)C1(C)CC1. The van der Waals surface area contributed by atoms with Crippen LogP contribution in [0.5, 0.6) is 0 Å². The number of nitrogens with one attached hydrogen (secondary N) is 1. The minimum atomic E-state index is 0.539. The quantitative estimate of drug-likeness (QED) is 0.778.